The van der Waals surface area contributed by atoms with Gasteiger partial charge >= 0.3 is 0 Å². The third-order valence-corrected chi connectivity index (χ3v) is 8.14. The molecule has 4 heterocycles. The second kappa shape index (κ2) is 7.01. The predicted octanol–water partition coefficient (Wildman–Crippen LogP) is 4.85. The molecule has 1 fully saturated rings. The maximum atomic E-state index is 12.7. The Morgan fingerprint density at radius 2 is 2.03 bits per heavy atom. The van der Waals surface area contributed by atoms with Gasteiger partial charge in [0.1, 0.15) is 15.0 Å². The predicted molar refractivity (Wildman–Crippen MR) is 113 cm³/mol. The maximum Gasteiger partial charge on any atom is 0.277 e. The highest BCUT2D eigenvalue weighted by atomic mass is 35.5. The molecular weight excluding hydrogens is 430 g/mol. The van der Waals surface area contributed by atoms with Gasteiger partial charge in [-0.25, -0.2) is 13.9 Å². The average molecular weight is 446 g/mol. The number of nitrogens with one attached hydrogen (secondary N) is 2. The summed E-state index contributed by atoms with van der Waals surface area (Å²) in [5, 5.41) is 3.57. The fraction of sp³-hybridized carbons (Fsp3) is 0.158. The molecule has 148 valence electrons. The number of rotatable bonds is 6. The average Bonchev–Trinajstić information content (AvgIpc) is 3.14. The summed E-state index contributed by atoms with van der Waals surface area (Å²) in [6, 6.07) is 8.66. The van der Waals surface area contributed by atoms with Crippen LogP contribution in [0.25, 0.3) is 10.7 Å². The Kier molecular flexibility index (Phi) is 4.45. The number of H-pyrrole nitrogens is 1. The van der Waals surface area contributed by atoms with Crippen LogP contribution in [0.5, 0.6) is 0 Å². The van der Waals surface area contributed by atoms with Crippen molar-refractivity contribution in [2.24, 2.45) is 0 Å². The molecule has 29 heavy (non-hydrogen) atoms. The highest BCUT2D eigenvalue weighted by molar-refractivity contribution is 7.92. The molecule has 1 saturated carbocycles. The molecule has 0 aromatic carbocycles. The lowest BCUT2D eigenvalue weighted by Gasteiger charge is -2.06. The van der Waals surface area contributed by atoms with Gasteiger partial charge in [0.05, 0.1) is 11.1 Å². The molecule has 1 aliphatic carbocycles. The molecule has 0 amide bonds. The van der Waals surface area contributed by atoms with Crippen LogP contribution in [-0.4, -0.2) is 27.3 Å². The zero-order chi connectivity index (χ0) is 20.0. The van der Waals surface area contributed by atoms with Crippen LogP contribution >= 0.6 is 22.9 Å². The number of hydrogen-bond donors (Lipinski definition) is 2. The normalized spacial score (nSPS) is 14.2. The lowest BCUT2D eigenvalue weighted by atomic mass is 10.2. The number of halogens is 1. The van der Waals surface area contributed by atoms with Gasteiger partial charge in [0.2, 0.25) is 0 Å². The molecule has 10 heteroatoms. The van der Waals surface area contributed by atoms with E-state index in [1.54, 1.807) is 24.3 Å². The molecule has 0 aliphatic heterocycles. The highest BCUT2D eigenvalue weighted by Gasteiger charge is 2.24. The van der Waals surface area contributed by atoms with Crippen LogP contribution in [0.2, 0.25) is 5.02 Å². The molecule has 1 aliphatic rings. The minimum Gasteiger partial charge on any atom is -0.348 e. The van der Waals surface area contributed by atoms with E-state index in [-0.39, 0.29) is 4.21 Å². The zero-order valence-electron chi connectivity index (χ0n) is 15.0. The second-order valence-corrected chi connectivity index (χ2v) is 10.3. The first-order valence-electron chi connectivity index (χ1n) is 8.97. The summed E-state index contributed by atoms with van der Waals surface area (Å²) in [4.78, 5) is 12.6. The Morgan fingerprint density at radius 3 is 2.79 bits per heavy atom. The summed E-state index contributed by atoms with van der Waals surface area (Å²) >= 11 is 7.38. The maximum absolute atomic E-state index is 12.7. The van der Waals surface area contributed by atoms with Crippen molar-refractivity contribution in [2.75, 3.05) is 5.32 Å². The molecule has 0 spiro atoms. The van der Waals surface area contributed by atoms with Gasteiger partial charge in [0.15, 0.2) is 11.6 Å². The van der Waals surface area contributed by atoms with Gasteiger partial charge in [0.25, 0.3) is 10.0 Å². The van der Waals surface area contributed by atoms with Crippen molar-refractivity contribution in [2.45, 2.75) is 23.0 Å². The summed E-state index contributed by atoms with van der Waals surface area (Å²) in [5.74, 6) is 2.32. The number of anilines is 2. The third-order valence-electron chi connectivity index (χ3n) is 4.66. The van der Waals surface area contributed by atoms with Gasteiger partial charge in [-0.2, -0.15) is 8.42 Å². The van der Waals surface area contributed by atoms with Crippen molar-refractivity contribution in [3.63, 3.8) is 0 Å². The van der Waals surface area contributed by atoms with Gasteiger partial charge in [0, 0.05) is 18.6 Å². The molecule has 0 radical (unpaired) electrons. The Labute approximate surface area is 176 Å². The van der Waals surface area contributed by atoms with E-state index in [0.717, 1.165) is 17.2 Å². The first kappa shape index (κ1) is 18.4. The Hall–Kier alpha value is -2.62. The first-order chi connectivity index (χ1) is 14.0. The topological polar surface area (TPSA) is 92.7 Å². The van der Waals surface area contributed by atoms with Crippen molar-refractivity contribution >= 4 is 44.6 Å². The van der Waals surface area contributed by atoms with Crippen LogP contribution in [-0.2, 0) is 10.0 Å². The largest absolute Gasteiger partial charge is 0.348 e. The van der Waals surface area contributed by atoms with E-state index < -0.39 is 10.0 Å². The molecule has 0 unspecified atom stereocenters. The van der Waals surface area contributed by atoms with E-state index in [2.05, 4.69) is 26.3 Å². The highest BCUT2D eigenvalue weighted by Crippen LogP contribution is 2.41. The number of hydrogen-bond acceptors (Lipinski definition) is 6. The van der Waals surface area contributed by atoms with Gasteiger partial charge in [-0.05, 0) is 54.7 Å². The van der Waals surface area contributed by atoms with Crippen molar-refractivity contribution < 1.29 is 8.42 Å². The first-order valence-corrected chi connectivity index (χ1v) is 11.6. The minimum absolute atomic E-state index is 0.218. The van der Waals surface area contributed by atoms with Crippen molar-refractivity contribution in [3.05, 3.63) is 65.7 Å². The molecule has 4 aromatic heterocycles. The van der Waals surface area contributed by atoms with Crippen molar-refractivity contribution in [1.82, 2.24) is 18.9 Å². The van der Waals surface area contributed by atoms with Gasteiger partial charge in [-0.1, -0.05) is 11.6 Å². The minimum atomic E-state index is -3.62. The summed E-state index contributed by atoms with van der Waals surface area (Å²) in [7, 11) is -3.62. The quantitative estimate of drug-likeness (QED) is 0.442. The van der Waals surface area contributed by atoms with Crippen LogP contribution in [0.4, 0.5) is 11.6 Å². The van der Waals surface area contributed by atoms with Crippen LogP contribution in [0.3, 0.4) is 0 Å². The summed E-state index contributed by atoms with van der Waals surface area (Å²) < 4.78 is 26.7. The number of nitrogens with zero attached hydrogens (tertiary/aromatic N) is 3. The van der Waals surface area contributed by atoms with E-state index in [1.807, 2.05) is 6.20 Å². The van der Waals surface area contributed by atoms with E-state index in [0.29, 0.717) is 27.5 Å². The Bertz CT molecular complexity index is 1270. The van der Waals surface area contributed by atoms with E-state index in [9.17, 15) is 8.42 Å². The molecular formula is C19H16ClN5O2S2. The summed E-state index contributed by atoms with van der Waals surface area (Å²) in [6.45, 7) is 0. The second-order valence-electron chi connectivity index (χ2n) is 6.77. The smallest absolute Gasteiger partial charge is 0.277 e. The summed E-state index contributed by atoms with van der Waals surface area (Å²) in [5.41, 5.74) is 1.27. The molecule has 0 atom stereocenters. The van der Waals surface area contributed by atoms with Gasteiger partial charge in [-0.3, -0.25) is 0 Å². The lowest BCUT2D eigenvalue weighted by molar-refractivity contribution is 0.589. The van der Waals surface area contributed by atoms with Crippen LogP contribution in [0.1, 0.15) is 24.3 Å². The standard InChI is InChI=1S/C19H16ClN5O2S2/c20-14-11-22-19(24-18(14)23-16-9-13(10-21-16)12-3-4-12)15-5-6-17(28-15)29(26,27)25-7-1-2-8-25/h1-2,5-12,21H,3-4H2,(H,22,23,24). The van der Waals surface area contributed by atoms with Crippen molar-refractivity contribution in [3.8, 4) is 10.7 Å². The number of aromatic nitrogens is 4. The SMILES string of the molecule is O=S(=O)(c1ccc(-c2ncc(Cl)c(Nc3cc(C4CC4)c[nH]3)n2)s1)n1cccc1. The van der Waals surface area contributed by atoms with Gasteiger partial charge in [-0.15, -0.1) is 11.3 Å². The Balaban J connectivity index is 1.43. The zero-order valence-corrected chi connectivity index (χ0v) is 17.4. The van der Waals surface area contributed by atoms with E-state index in [1.165, 1.54) is 41.0 Å². The van der Waals surface area contributed by atoms with E-state index in [4.69, 9.17) is 11.6 Å². The molecule has 4 aromatic rings. The molecule has 2 N–H and O–H groups in total. The van der Waals surface area contributed by atoms with Crippen LogP contribution < -0.4 is 5.32 Å². The molecule has 0 bridgehead atoms. The summed E-state index contributed by atoms with van der Waals surface area (Å²) in [6.07, 6.45) is 8.96. The van der Waals surface area contributed by atoms with Crippen molar-refractivity contribution in [1.29, 1.82) is 0 Å². The monoisotopic (exact) mass is 445 g/mol. The van der Waals surface area contributed by atoms with Crippen LogP contribution in [0.15, 0.2) is 59.3 Å². The lowest BCUT2D eigenvalue weighted by Crippen LogP contribution is -2.08. The molecule has 7 nitrogen and oxygen atoms in total. The molecule has 0 saturated heterocycles. The number of thiophene rings is 1. The fourth-order valence-corrected chi connectivity index (χ4v) is 5.67. The number of aromatic amines is 1. The van der Waals surface area contributed by atoms with E-state index >= 15 is 0 Å². The van der Waals surface area contributed by atoms with Crippen LogP contribution in [0, 0.1) is 0 Å². The van der Waals surface area contributed by atoms with Gasteiger partial charge < -0.3 is 10.3 Å². The molecule has 5 rings (SSSR count). The Morgan fingerprint density at radius 1 is 1.24 bits per heavy atom. The fourth-order valence-electron chi connectivity index (χ4n) is 3.00. The third kappa shape index (κ3) is 3.57.